The molecule has 0 aromatic heterocycles. The van der Waals surface area contributed by atoms with Crippen LogP contribution in [0.25, 0.3) is 22.3 Å². The van der Waals surface area contributed by atoms with E-state index in [1.54, 1.807) is 43.3 Å². The number of rotatable bonds is 7. The fourth-order valence-corrected chi connectivity index (χ4v) is 4.55. The van der Waals surface area contributed by atoms with E-state index in [1.165, 1.54) is 12.1 Å². The van der Waals surface area contributed by atoms with Gasteiger partial charge in [-0.25, -0.2) is 13.2 Å². The van der Waals surface area contributed by atoms with Crippen molar-refractivity contribution in [3.63, 3.8) is 0 Å². The van der Waals surface area contributed by atoms with Crippen LogP contribution in [-0.4, -0.2) is 19.3 Å². The average molecular weight is 473 g/mol. The van der Waals surface area contributed by atoms with Crippen molar-refractivity contribution in [3.05, 3.63) is 77.4 Å². The van der Waals surface area contributed by atoms with Crippen LogP contribution in [0.5, 0.6) is 5.75 Å². The predicted molar refractivity (Wildman–Crippen MR) is 125 cm³/mol. The molecule has 3 aromatic rings. The maximum Gasteiger partial charge on any atom is 0.201 e. The zero-order chi connectivity index (χ0) is 24.2. The van der Waals surface area contributed by atoms with Gasteiger partial charge in [0.1, 0.15) is 0 Å². The number of hydrogen-bond acceptors (Lipinski definition) is 2. The zero-order valence-corrected chi connectivity index (χ0v) is 19.3. The van der Waals surface area contributed by atoms with Crippen molar-refractivity contribution in [2.75, 3.05) is 13.2 Å². The van der Waals surface area contributed by atoms with E-state index in [2.05, 4.69) is 6.92 Å². The second-order valence-corrected chi connectivity index (χ2v) is 8.60. The quantitative estimate of drug-likeness (QED) is 0.324. The fraction of sp³-hybridized carbons (Fsp3) is 0.357. The van der Waals surface area contributed by atoms with Crippen LogP contribution in [0.1, 0.15) is 51.0 Å². The molecule has 0 bridgehead atoms. The van der Waals surface area contributed by atoms with E-state index >= 15 is 4.39 Å². The molecule has 2 nitrogen and oxygen atoms in total. The molecule has 1 heterocycles. The Balaban J connectivity index is 1.56. The van der Waals surface area contributed by atoms with Crippen LogP contribution < -0.4 is 4.74 Å². The van der Waals surface area contributed by atoms with Crippen LogP contribution in [0.2, 0.25) is 0 Å². The fourth-order valence-electron chi connectivity index (χ4n) is 4.55. The lowest BCUT2D eigenvalue weighted by Crippen LogP contribution is -2.25. The second-order valence-electron chi connectivity index (χ2n) is 8.60. The van der Waals surface area contributed by atoms with E-state index in [9.17, 15) is 13.2 Å². The first kappa shape index (κ1) is 24.3. The minimum atomic E-state index is -1.06. The van der Waals surface area contributed by atoms with Gasteiger partial charge in [0.15, 0.2) is 23.2 Å². The Morgan fingerprint density at radius 3 is 1.94 bits per heavy atom. The van der Waals surface area contributed by atoms with Gasteiger partial charge in [-0.15, -0.1) is 0 Å². The van der Waals surface area contributed by atoms with Crippen molar-refractivity contribution in [2.45, 2.75) is 51.6 Å². The molecule has 1 aliphatic heterocycles. The van der Waals surface area contributed by atoms with E-state index in [4.69, 9.17) is 9.47 Å². The lowest BCUT2D eigenvalue weighted by atomic mass is 9.88. The molecule has 0 amide bonds. The Kier molecular flexibility index (Phi) is 7.57. The van der Waals surface area contributed by atoms with Gasteiger partial charge in [-0.2, -0.15) is 4.39 Å². The lowest BCUT2D eigenvalue weighted by Gasteiger charge is -2.29. The Morgan fingerprint density at radius 2 is 1.38 bits per heavy atom. The number of hydrogen-bond donors (Lipinski definition) is 0. The lowest BCUT2D eigenvalue weighted by molar-refractivity contribution is -0.00181. The van der Waals surface area contributed by atoms with Crippen LogP contribution in [0.3, 0.4) is 0 Å². The molecule has 0 saturated carbocycles. The average Bonchev–Trinajstić information content (AvgIpc) is 2.85. The summed E-state index contributed by atoms with van der Waals surface area (Å²) in [6.45, 7) is 4.39. The van der Waals surface area contributed by atoms with Crippen LogP contribution in [0, 0.1) is 23.3 Å². The maximum absolute atomic E-state index is 15.0. The number of halogens is 4. The van der Waals surface area contributed by atoms with E-state index < -0.39 is 23.3 Å². The third-order valence-electron chi connectivity index (χ3n) is 6.39. The summed E-state index contributed by atoms with van der Waals surface area (Å²) in [6, 6.07) is 12.3. The van der Waals surface area contributed by atoms with Gasteiger partial charge >= 0.3 is 0 Å². The molecule has 1 aliphatic rings. The topological polar surface area (TPSA) is 18.5 Å². The monoisotopic (exact) mass is 472 g/mol. The van der Waals surface area contributed by atoms with Crippen molar-refractivity contribution >= 4 is 0 Å². The highest BCUT2D eigenvalue weighted by Crippen LogP contribution is 2.36. The number of ether oxygens (including phenoxy) is 2. The normalized spacial score (nSPS) is 18.2. The summed E-state index contributed by atoms with van der Waals surface area (Å²) in [5, 5.41) is 0. The maximum atomic E-state index is 15.0. The van der Waals surface area contributed by atoms with Gasteiger partial charge < -0.3 is 9.47 Å². The van der Waals surface area contributed by atoms with E-state index in [0.29, 0.717) is 23.3 Å². The molecule has 3 aromatic carbocycles. The van der Waals surface area contributed by atoms with Crippen molar-refractivity contribution in [1.29, 1.82) is 0 Å². The summed E-state index contributed by atoms with van der Waals surface area (Å²) in [4.78, 5) is 0. The van der Waals surface area contributed by atoms with Gasteiger partial charge in [-0.3, -0.25) is 0 Å². The summed E-state index contributed by atoms with van der Waals surface area (Å²) in [5.74, 6) is -4.17. The molecule has 1 saturated heterocycles. The molecule has 2 unspecified atom stereocenters. The Hall–Kier alpha value is -2.86. The SMILES string of the molecule is CCCC1CCC(c2ccc(-c3ccc(-c4ccc(OCC)c(F)c4F)cc3)c(F)c2F)CO1. The molecule has 180 valence electrons. The van der Waals surface area contributed by atoms with Gasteiger partial charge in [-0.1, -0.05) is 49.7 Å². The third kappa shape index (κ3) is 4.83. The molecule has 4 rings (SSSR count). The minimum absolute atomic E-state index is 0.0631. The van der Waals surface area contributed by atoms with Crippen LogP contribution in [0.15, 0.2) is 48.5 Å². The summed E-state index contributed by atoms with van der Waals surface area (Å²) in [7, 11) is 0. The smallest absolute Gasteiger partial charge is 0.201 e. The molecule has 1 fully saturated rings. The molecule has 0 spiro atoms. The van der Waals surface area contributed by atoms with E-state index in [-0.39, 0.29) is 35.5 Å². The van der Waals surface area contributed by atoms with Crippen molar-refractivity contribution in [3.8, 4) is 28.0 Å². The van der Waals surface area contributed by atoms with Gasteiger partial charge in [-0.05, 0) is 55.0 Å². The van der Waals surface area contributed by atoms with Gasteiger partial charge in [0.25, 0.3) is 0 Å². The highest BCUT2D eigenvalue weighted by molar-refractivity contribution is 5.71. The highest BCUT2D eigenvalue weighted by Gasteiger charge is 2.27. The van der Waals surface area contributed by atoms with Crippen molar-refractivity contribution in [2.24, 2.45) is 0 Å². The van der Waals surface area contributed by atoms with Crippen LogP contribution in [0.4, 0.5) is 17.6 Å². The van der Waals surface area contributed by atoms with Crippen LogP contribution >= 0.6 is 0 Å². The first-order valence-corrected chi connectivity index (χ1v) is 11.8. The first-order chi connectivity index (χ1) is 16.4. The van der Waals surface area contributed by atoms with Crippen molar-refractivity contribution < 1.29 is 27.0 Å². The molecule has 0 radical (unpaired) electrons. The number of benzene rings is 3. The molecule has 34 heavy (non-hydrogen) atoms. The predicted octanol–water partition coefficient (Wildman–Crippen LogP) is 8.04. The Labute approximate surface area is 197 Å². The molecular weight excluding hydrogens is 444 g/mol. The van der Waals surface area contributed by atoms with E-state index in [0.717, 1.165) is 25.7 Å². The standard InChI is InChI=1S/C28H28F4O2/c1-3-5-20-11-10-19(16-34-20)23-13-12-21(25(29)26(23)30)17-6-8-18(9-7-17)22-14-15-24(33-4-2)28(32)27(22)31/h6-9,12-15,19-20H,3-5,10-11,16H2,1-2H3. The summed E-state index contributed by atoms with van der Waals surface area (Å²) >= 11 is 0. The van der Waals surface area contributed by atoms with Crippen molar-refractivity contribution in [1.82, 2.24) is 0 Å². The molecule has 6 heteroatoms. The molecule has 2 atom stereocenters. The van der Waals surface area contributed by atoms with Gasteiger partial charge in [0.2, 0.25) is 5.82 Å². The Bertz CT molecular complexity index is 1140. The van der Waals surface area contributed by atoms with Gasteiger partial charge in [0.05, 0.1) is 19.3 Å². The second kappa shape index (κ2) is 10.6. The summed E-state index contributed by atoms with van der Waals surface area (Å²) in [5.41, 5.74) is 1.38. The Morgan fingerprint density at radius 1 is 0.765 bits per heavy atom. The molecule has 0 aliphatic carbocycles. The van der Waals surface area contributed by atoms with Crippen LogP contribution in [-0.2, 0) is 4.74 Å². The summed E-state index contributed by atoms with van der Waals surface area (Å²) < 4.78 is 69.7. The minimum Gasteiger partial charge on any atom is -0.491 e. The highest BCUT2D eigenvalue weighted by atomic mass is 19.2. The summed E-state index contributed by atoms with van der Waals surface area (Å²) in [6.07, 6.45) is 3.81. The van der Waals surface area contributed by atoms with Gasteiger partial charge in [0, 0.05) is 17.0 Å². The largest absolute Gasteiger partial charge is 0.491 e. The molecule has 0 N–H and O–H groups in total. The zero-order valence-electron chi connectivity index (χ0n) is 19.3. The molecular formula is C28H28F4O2. The third-order valence-corrected chi connectivity index (χ3v) is 6.39. The van der Waals surface area contributed by atoms with E-state index in [1.807, 2.05) is 0 Å². The first-order valence-electron chi connectivity index (χ1n) is 11.8.